The maximum Gasteiger partial charge on any atom is 0.410 e. The summed E-state index contributed by atoms with van der Waals surface area (Å²) < 4.78 is 30.1. The Labute approximate surface area is 184 Å². The summed E-state index contributed by atoms with van der Waals surface area (Å²) >= 11 is 1.10. The average molecular weight is 466 g/mol. The monoisotopic (exact) mass is 465 g/mol. The topological polar surface area (TPSA) is 136 Å². The number of nitrogens with two attached hydrogens (primary N) is 1. The third-order valence-electron chi connectivity index (χ3n) is 4.78. The molecule has 166 valence electrons. The second-order valence-corrected chi connectivity index (χ2v) is 10.2. The highest BCUT2D eigenvalue weighted by Gasteiger charge is 2.30. The van der Waals surface area contributed by atoms with Crippen LogP contribution in [0.1, 0.15) is 33.3 Å². The summed E-state index contributed by atoms with van der Waals surface area (Å²) in [5, 5.41) is 2.71. The minimum atomic E-state index is -3.85. The molecule has 3 rings (SSSR count). The number of benzene rings is 1. The zero-order valence-corrected chi connectivity index (χ0v) is 18.8. The van der Waals surface area contributed by atoms with E-state index in [0.29, 0.717) is 23.4 Å². The molecule has 31 heavy (non-hydrogen) atoms. The van der Waals surface area contributed by atoms with Gasteiger partial charge < -0.3 is 20.7 Å². The van der Waals surface area contributed by atoms with Crippen molar-refractivity contribution in [2.24, 2.45) is 5.73 Å². The lowest BCUT2D eigenvalue weighted by molar-refractivity contribution is -0.113. The summed E-state index contributed by atoms with van der Waals surface area (Å²) in [5.74, 6) is -2.27. The van der Waals surface area contributed by atoms with Crippen LogP contribution in [0.4, 0.5) is 9.80 Å². The van der Waals surface area contributed by atoms with Crippen LogP contribution in [0.3, 0.4) is 0 Å². The lowest BCUT2D eigenvalue weighted by atomic mass is 10.0. The number of amides is 3. The molecule has 2 aromatic rings. The Morgan fingerprint density at radius 1 is 1.23 bits per heavy atom. The van der Waals surface area contributed by atoms with Gasteiger partial charge in [-0.3, -0.25) is 9.59 Å². The average Bonchev–Trinajstić information content (AvgIpc) is 3.04. The normalized spacial score (nSPS) is 13.4. The highest BCUT2D eigenvalue weighted by Crippen LogP contribution is 2.37. The van der Waals surface area contributed by atoms with Gasteiger partial charge in [0.1, 0.15) is 10.8 Å². The molecule has 0 saturated carbocycles. The number of anilines is 1. The van der Waals surface area contributed by atoms with Gasteiger partial charge in [-0.1, -0.05) is 17.7 Å². The molecule has 3 amide bonds. The predicted octanol–water partition coefficient (Wildman–Crippen LogP) is 2.08. The van der Waals surface area contributed by atoms with Gasteiger partial charge >= 0.3 is 6.09 Å². The van der Waals surface area contributed by atoms with E-state index < -0.39 is 33.5 Å². The third kappa shape index (κ3) is 5.05. The number of ether oxygens (including phenoxy) is 1. The number of aryl methyl sites for hydroxylation is 1. The van der Waals surface area contributed by atoms with Crippen molar-refractivity contribution in [1.82, 2.24) is 4.90 Å². The Kier molecular flexibility index (Phi) is 6.65. The molecule has 11 heteroatoms. The first kappa shape index (κ1) is 22.8. The smallest absolute Gasteiger partial charge is 0.410 e. The number of fused-ring (bicyclic) bond motifs is 1. The molecule has 0 bridgehead atoms. The van der Waals surface area contributed by atoms with E-state index in [1.807, 2.05) is 6.92 Å². The van der Waals surface area contributed by atoms with E-state index in [4.69, 9.17) is 10.5 Å². The number of carbonyl (C=O) groups excluding carboxylic acids is 3. The zero-order chi connectivity index (χ0) is 22.8. The Morgan fingerprint density at radius 3 is 2.52 bits per heavy atom. The van der Waals surface area contributed by atoms with Crippen LogP contribution in [0.2, 0.25) is 0 Å². The van der Waals surface area contributed by atoms with Gasteiger partial charge in [0.05, 0.1) is 23.6 Å². The van der Waals surface area contributed by atoms with Crippen molar-refractivity contribution in [3.8, 4) is 0 Å². The Balaban J connectivity index is 1.80. The molecule has 1 aromatic carbocycles. The van der Waals surface area contributed by atoms with E-state index in [1.54, 1.807) is 19.1 Å². The maximum absolute atomic E-state index is 12.5. The molecular formula is C20H23N3O6S2. The molecule has 0 spiro atoms. The van der Waals surface area contributed by atoms with Crippen LogP contribution in [-0.2, 0) is 32.3 Å². The van der Waals surface area contributed by atoms with Crippen molar-refractivity contribution in [1.29, 1.82) is 0 Å². The summed E-state index contributed by atoms with van der Waals surface area (Å²) in [6.45, 7) is 4.35. The van der Waals surface area contributed by atoms with Gasteiger partial charge in [-0.05, 0) is 38.0 Å². The van der Waals surface area contributed by atoms with E-state index >= 15 is 0 Å². The van der Waals surface area contributed by atoms with Gasteiger partial charge in [-0.2, -0.15) is 0 Å². The number of nitrogens with zero attached hydrogens (tertiary/aromatic N) is 1. The number of carbonyl (C=O) groups is 3. The number of nitrogens with one attached hydrogen (secondary N) is 1. The number of hydrogen-bond acceptors (Lipinski definition) is 7. The van der Waals surface area contributed by atoms with Gasteiger partial charge in [0, 0.05) is 11.4 Å². The van der Waals surface area contributed by atoms with Crippen molar-refractivity contribution < 1.29 is 27.5 Å². The van der Waals surface area contributed by atoms with Crippen LogP contribution in [0, 0.1) is 6.92 Å². The van der Waals surface area contributed by atoms with Gasteiger partial charge in [-0.15, -0.1) is 11.3 Å². The molecule has 2 heterocycles. The highest BCUT2D eigenvalue weighted by atomic mass is 32.2. The molecule has 0 saturated heterocycles. The molecule has 1 aliphatic rings. The SMILES string of the molecule is CCOC(=O)N1CCc2c(sc(NC(=O)CS(=O)(=O)c3ccc(C)cc3)c2C(N)=O)C1. The summed E-state index contributed by atoms with van der Waals surface area (Å²) in [4.78, 5) is 38.8. The first-order valence-electron chi connectivity index (χ1n) is 9.57. The summed E-state index contributed by atoms with van der Waals surface area (Å²) in [6.07, 6.45) is -0.0857. The molecule has 9 nitrogen and oxygen atoms in total. The third-order valence-corrected chi connectivity index (χ3v) is 7.55. The largest absolute Gasteiger partial charge is 0.450 e. The Hall–Kier alpha value is -2.92. The fourth-order valence-electron chi connectivity index (χ4n) is 3.29. The molecule has 0 fully saturated rings. The summed E-state index contributed by atoms with van der Waals surface area (Å²) in [5.41, 5.74) is 7.24. The van der Waals surface area contributed by atoms with Crippen molar-refractivity contribution in [2.45, 2.75) is 31.7 Å². The number of sulfone groups is 1. The van der Waals surface area contributed by atoms with Crippen LogP contribution in [-0.4, -0.2) is 50.1 Å². The maximum atomic E-state index is 12.5. The Bertz CT molecular complexity index is 1120. The predicted molar refractivity (Wildman–Crippen MR) is 116 cm³/mol. The second-order valence-electron chi connectivity index (χ2n) is 7.06. The fourth-order valence-corrected chi connectivity index (χ4v) is 5.71. The zero-order valence-electron chi connectivity index (χ0n) is 17.1. The first-order chi connectivity index (χ1) is 14.6. The fraction of sp³-hybridized carbons (Fsp3) is 0.350. The number of rotatable bonds is 6. The van der Waals surface area contributed by atoms with Crippen LogP contribution in [0.25, 0.3) is 0 Å². The van der Waals surface area contributed by atoms with Crippen LogP contribution in [0.5, 0.6) is 0 Å². The molecule has 3 N–H and O–H groups in total. The van der Waals surface area contributed by atoms with E-state index in [1.165, 1.54) is 17.0 Å². The van der Waals surface area contributed by atoms with Gasteiger partial charge in [0.2, 0.25) is 5.91 Å². The second kappa shape index (κ2) is 9.06. The minimum absolute atomic E-state index is 0.0407. The van der Waals surface area contributed by atoms with E-state index in [9.17, 15) is 22.8 Å². The summed E-state index contributed by atoms with van der Waals surface area (Å²) in [7, 11) is -3.85. The van der Waals surface area contributed by atoms with Crippen LogP contribution < -0.4 is 11.1 Å². The van der Waals surface area contributed by atoms with Crippen molar-refractivity contribution in [3.05, 3.63) is 45.8 Å². The van der Waals surface area contributed by atoms with Gasteiger partial charge in [0.25, 0.3) is 5.91 Å². The molecule has 0 atom stereocenters. The van der Waals surface area contributed by atoms with Gasteiger partial charge in [-0.25, -0.2) is 13.2 Å². The standard InChI is InChI=1S/C20H23N3O6S2/c1-3-29-20(26)23-9-8-14-15(10-23)30-19(17(14)18(21)25)22-16(24)11-31(27,28)13-6-4-12(2)5-7-13/h4-7H,3,8-11H2,1-2H3,(H2,21,25)(H,22,24). The number of primary amides is 1. The molecule has 1 aliphatic heterocycles. The molecule has 0 unspecified atom stereocenters. The number of thiophene rings is 1. The van der Waals surface area contributed by atoms with Gasteiger partial charge in [0.15, 0.2) is 9.84 Å². The molecule has 0 aliphatic carbocycles. The Morgan fingerprint density at radius 2 is 1.90 bits per heavy atom. The van der Waals surface area contributed by atoms with E-state index in [-0.39, 0.29) is 28.6 Å². The molecule has 1 aromatic heterocycles. The highest BCUT2D eigenvalue weighted by molar-refractivity contribution is 7.92. The van der Waals surface area contributed by atoms with Crippen molar-refractivity contribution in [3.63, 3.8) is 0 Å². The van der Waals surface area contributed by atoms with Crippen LogP contribution >= 0.6 is 11.3 Å². The lowest BCUT2D eigenvalue weighted by Crippen LogP contribution is -2.36. The van der Waals surface area contributed by atoms with Crippen molar-refractivity contribution >= 4 is 44.1 Å². The lowest BCUT2D eigenvalue weighted by Gasteiger charge is -2.26. The minimum Gasteiger partial charge on any atom is -0.450 e. The van der Waals surface area contributed by atoms with Crippen LogP contribution in [0.15, 0.2) is 29.2 Å². The first-order valence-corrected chi connectivity index (χ1v) is 12.0. The molecular weight excluding hydrogens is 442 g/mol. The quantitative estimate of drug-likeness (QED) is 0.670. The van der Waals surface area contributed by atoms with Crippen molar-refractivity contribution in [2.75, 3.05) is 24.2 Å². The number of hydrogen-bond donors (Lipinski definition) is 2. The molecule has 0 radical (unpaired) electrons. The summed E-state index contributed by atoms with van der Waals surface area (Å²) in [6, 6.07) is 6.19. The van der Waals surface area contributed by atoms with E-state index in [2.05, 4.69) is 5.32 Å². The van der Waals surface area contributed by atoms with E-state index in [0.717, 1.165) is 16.9 Å².